The summed E-state index contributed by atoms with van der Waals surface area (Å²) in [4.78, 5) is 0.141. The van der Waals surface area contributed by atoms with E-state index in [1.807, 2.05) is 12.1 Å². The zero-order valence-electron chi connectivity index (χ0n) is 12.4. The maximum Gasteiger partial charge on any atom is 0.263 e. The smallest absolute Gasteiger partial charge is 0.263 e. The molecule has 0 unspecified atom stereocenters. The third-order valence-electron chi connectivity index (χ3n) is 3.38. The second-order valence-electron chi connectivity index (χ2n) is 5.32. The van der Waals surface area contributed by atoms with Gasteiger partial charge in [0.25, 0.3) is 10.0 Å². The number of sulfonamides is 1. The fourth-order valence-electron chi connectivity index (χ4n) is 2.03. The highest BCUT2D eigenvalue weighted by Gasteiger charge is 2.17. The van der Waals surface area contributed by atoms with Crippen LogP contribution in [0.2, 0.25) is 0 Å². The Kier molecular flexibility index (Phi) is 4.39. The first-order chi connectivity index (χ1) is 9.83. The van der Waals surface area contributed by atoms with E-state index in [0.717, 1.165) is 5.56 Å². The number of hydrogen-bond donors (Lipinski definition) is 2. The zero-order valence-corrected chi connectivity index (χ0v) is 13.2. The quantitative estimate of drug-likeness (QED) is 0.891. The minimum absolute atomic E-state index is 0.141. The van der Waals surface area contributed by atoms with Crippen LogP contribution < -0.4 is 4.72 Å². The van der Waals surface area contributed by atoms with Gasteiger partial charge < -0.3 is 9.67 Å². The fourth-order valence-corrected chi connectivity index (χ4v) is 3.18. The van der Waals surface area contributed by atoms with Gasteiger partial charge in [0, 0.05) is 24.6 Å². The number of rotatable bonds is 5. The van der Waals surface area contributed by atoms with E-state index < -0.39 is 10.0 Å². The summed E-state index contributed by atoms with van der Waals surface area (Å²) in [6.45, 7) is 3.97. The molecule has 0 amide bonds. The van der Waals surface area contributed by atoms with E-state index >= 15 is 0 Å². The van der Waals surface area contributed by atoms with Gasteiger partial charge in [-0.1, -0.05) is 26.0 Å². The summed E-state index contributed by atoms with van der Waals surface area (Å²) in [6, 6.07) is 8.79. The maximum absolute atomic E-state index is 12.3. The summed E-state index contributed by atoms with van der Waals surface area (Å²) in [5, 5.41) is 9.13. The molecular formula is C15H20N2O3S. The molecule has 6 heteroatoms. The fraction of sp³-hybridized carbons (Fsp3) is 0.333. The Balaban J connectivity index is 2.24. The lowest BCUT2D eigenvalue weighted by atomic mass is 10.0. The minimum atomic E-state index is -3.64. The largest absolute Gasteiger partial charge is 0.390 e. The van der Waals surface area contributed by atoms with Crippen LogP contribution in [0.5, 0.6) is 0 Å². The molecule has 114 valence electrons. The van der Waals surface area contributed by atoms with Gasteiger partial charge in [0.1, 0.15) is 4.90 Å². The Morgan fingerprint density at radius 1 is 1.24 bits per heavy atom. The van der Waals surface area contributed by atoms with E-state index in [2.05, 4.69) is 18.6 Å². The van der Waals surface area contributed by atoms with Crippen LogP contribution in [-0.4, -0.2) is 18.1 Å². The van der Waals surface area contributed by atoms with Gasteiger partial charge in [-0.05, 0) is 29.7 Å². The molecule has 0 bridgehead atoms. The molecule has 0 fully saturated rings. The van der Waals surface area contributed by atoms with E-state index in [-0.39, 0.29) is 11.5 Å². The summed E-state index contributed by atoms with van der Waals surface area (Å²) in [6.07, 6.45) is 1.48. The molecule has 1 aromatic heterocycles. The molecular weight excluding hydrogens is 288 g/mol. The van der Waals surface area contributed by atoms with Crippen LogP contribution in [0, 0.1) is 0 Å². The molecule has 2 aromatic rings. The van der Waals surface area contributed by atoms with Gasteiger partial charge in [-0.15, -0.1) is 0 Å². The van der Waals surface area contributed by atoms with Crippen LogP contribution in [0.3, 0.4) is 0 Å². The highest BCUT2D eigenvalue weighted by Crippen LogP contribution is 2.21. The highest BCUT2D eigenvalue weighted by molar-refractivity contribution is 7.92. The standard InChI is InChI=1S/C15H20N2O3S/c1-11(2)12-4-6-13(7-5-12)16-21(19,20)15-8-14(10-18)17(3)9-15/h4-9,11,16,18H,10H2,1-3H3. The lowest BCUT2D eigenvalue weighted by molar-refractivity contribution is 0.272. The van der Waals surface area contributed by atoms with Gasteiger partial charge in [0.05, 0.1) is 6.61 Å². The Morgan fingerprint density at radius 2 is 1.86 bits per heavy atom. The average molecular weight is 308 g/mol. The van der Waals surface area contributed by atoms with Crippen LogP contribution in [0.25, 0.3) is 0 Å². The number of aliphatic hydroxyl groups excluding tert-OH is 1. The molecule has 1 aromatic carbocycles. The number of aromatic nitrogens is 1. The molecule has 0 atom stereocenters. The lowest BCUT2D eigenvalue weighted by Gasteiger charge is -2.09. The molecule has 0 radical (unpaired) electrons. The Labute approximate surface area is 125 Å². The molecule has 1 heterocycles. The molecule has 0 saturated carbocycles. The van der Waals surface area contributed by atoms with E-state index in [4.69, 9.17) is 5.11 Å². The monoisotopic (exact) mass is 308 g/mol. The van der Waals surface area contributed by atoms with Gasteiger partial charge in [-0.2, -0.15) is 0 Å². The third kappa shape index (κ3) is 3.46. The lowest BCUT2D eigenvalue weighted by Crippen LogP contribution is -2.12. The molecule has 0 aliphatic carbocycles. The van der Waals surface area contributed by atoms with E-state index in [0.29, 0.717) is 17.3 Å². The van der Waals surface area contributed by atoms with Crippen molar-refractivity contribution < 1.29 is 13.5 Å². The molecule has 5 nitrogen and oxygen atoms in total. The first-order valence-corrected chi connectivity index (χ1v) is 8.20. The molecule has 21 heavy (non-hydrogen) atoms. The van der Waals surface area contributed by atoms with Crippen molar-refractivity contribution in [2.45, 2.75) is 31.3 Å². The van der Waals surface area contributed by atoms with Crippen LogP contribution in [0.15, 0.2) is 41.4 Å². The predicted octanol–water partition coefficient (Wildman–Crippen LogP) is 2.44. The van der Waals surface area contributed by atoms with E-state index in [9.17, 15) is 8.42 Å². The van der Waals surface area contributed by atoms with Gasteiger partial charge in [-0.3, -0.25) is 4.72 Å². The van der Waals surface area contributed by atoms with Crippen LogP contribution in [-0.2, 0) is 23.7 Å². The average Bonchev–Trinajstić information content (AvgIpc) is 2.81. The Bertz CT molecular complexity index is 716. The second kappa shape index (κ2) is 5.91. The molecule has 0 aliphatic rings. The van der Waals surface area contributed by atoms with Crippen molar-refractivity contribution in [1.82, 2.24) is 4.57 Å². The molecule has 0 aliphatic heterocycles. The second-order valence-corrected chi connectivity index (χ2v) is 7.00. The molecule has 0 saturated heterocycles. The topological polar surface area (TPSA) is 71.3 Å². The van der Waals surface area contributed by atoms with Gasteiger partial charge in [0.2, 0.25) is 0 Å². The maximum atomic E-state index is 12.3. The summed E-state index contributed by atoms with van der Waals surface area (Å²) in [5.41, 5.74) is 2.22. The van der Waals surface area contributed by atoms with Crippen molar-refractivity contribution in [2.24, 2.45) is 7.05 Å². The molecule has 0 spiro atoms. The van der Waals surface area contributed by atoms with Gasteiger partial charge >= 0.3 is 0 Å². The first kappa shape index (κ1) is 15.6. The first-order valence-electron chi connectivity index (χ1n) is 6.72. The molecule has 2 rings (SSSR count). The van der Waals surface area contributed by atoms with Gasteiger partial charge in [0.15, 0.2) is 0 Å². The van der Waals surface area contributed by atoms with Crippen LogP contribution in [0.1, 0.15) is 31.0 Å². The van der Waals surface area contributed by atoms with Crippen molar-refractivity contribution in [3.8, 4) is 0 Å². The van der Waals surface area contributed by atoms with Crippen molar-refractivity contribution in [1.29, 1.82) is 0 Å². The Morgan fingerprint density at radius 3 is 2.33 bits per heavy atom. The summed E-state index contributed by atoms with van der Waals surface area (Å²) < 4.78 is 28.7. The summed E-state index contributed by atoms with van der Waals surface area (Å²) in [5.74, 6) is 0.400. The summed E-state index contributed by atoms with van der Waals surface area (Å²) >= 11 is 0. The van der Waals surface area contributed by atoms with E-state index in [1.54, 1.807) is 23.7 Å². The highest BCUT2D eigenvalue weighted by atomic mass is 32.2. The van der Waals surface area contributed by atoms with Crippen LogP contribution in [0.4, 0.5) is 5.69 Å². The number of aryl methyl sites for hydroxylation is 1. The SMILES string of the molecule is CC(C)c1ccc(NS(=O)(=O)c2cc(CO)n(C)c2)cc1. The predicted molar refractivity (Wildman–Crippen MR) is 82.7 cm³/mol. The number of nitrogens with one attached hydrogen (secondary N) is 1. The van der Waals surface area contributed by atoms with Crippen molar-refractivity contribution in [3.05, 3.63) is 47.8 Å². The van der Waals surface area contributed by atoms with Gasteiger partial charge in [-0.25, -0.2) is 8.42 Å². The molecule has 2 N–H and O–H groups in total. The van der Waals surface area contributed by atoms with Crippen molar-refractivity contribution in [3.63, 3.8) is 0 Å². The number of benzene rings is 1. The number of anilines is 1. The number of aliphatic hydroxyl groups is 1. The van der Waals surface area contributed by atoms with Crippen molar-refractivity contribution in [2.75, 3.05) is 4.72 Å². The third-order valence-corrected chi connectivity index (χ3v) is 4.73. The van der Waals surface area contributed by atoms with Crippen molar-refractivity contribution >= 4 is 15.7 Å². The minimum Gasteiger partial charge on any atom is -0.390 e. The summed E-state index contributed by atoms with van der Waals surface area (Å²) in [7, 11) is -1.94. The van der Waals surface area contributed by atoms with E-state index in [1.165, 1.54) is 12.3 Å². The zero-order chi connectivity index (χ0) is 15.6. The van der Waals surface area contributed by atoms with Crippen LogP contribution >= 0.6 is 0 Å². The Hall–Kier alpha value is -1.79. The number of hydrogen-bond acceptors (Lipinski definition) is 3. The number of nitrogens with zero attached hydrogens (tertiary/aromatic N) is 1. The normalized spacial score (nSPS) is 11.9.